The molecule has 1 N–H and O–H groups in total. The Morgan fingerprint density at radius 3 is 2.86 bits per heavy atom. The third-order valence-electron chi connectivity index (χ3n) is 4.01. The smallest absolute Gasteiger partial charge is 0.344 e. The van der Waals surface area contributed by atoms with Crippen molar-refractivity contribution in [2.75, 3.05) is 6.54 Å². The van der Waals surface area contributed by atoms with E-state index < -0.39 is 5.60 Å². The standard InChI is InChI=1S/C15H20N2O3.ClH/c1-9-4-5-10(8-17-9)19-13-12-11(6-7-16-13)15(2,3)20-14(12)18;/h6-7,9-10,17H,4-5,8H2,1-3H3;1H/t9-,10-;/m1./s1. The van der Waals surface area contributed by atoms with Crippen molar-refractivity contribution in [3.8, 4) is 5.88 Å². The molecule has 0 saturated carbocycles. The number of fused-ring (bicyclic) bond motifs is 1. The second-order valence-electron chi connectivity index (χ2n) is 6.07. The average Bonchev–Trinajstić information content (AvgIpc) is 2.64. The summed E-state index contributed by atoms with van der Waals surface area (Å²) in [5.74, 6) is 0.0599. The molecular formula is C15H21ClN2O3. The number of nitrogens with zero attached hydrogens (tertiary/aromatic N) is 1. The van der Waals surface area contributed by atoms with Crippen LogP contribution in [0.2, 0.25) is 0 Å². The average molecular weight is 313 g/mol. The Hall–Kier alpha value is -1.33. The summed E-state index contributed by atoms with van der Waals surface area (Å²) in [6.07, 6.45) is 3.77. The molecular weight excluding hydrogens is 292 g/mol. The zero-order chi connectivity index (χ0) is 14.3. The van der Waals surface area contributed by atoms with Crippen molar-refractivity contribution in [1.29, 1.82) is 0 Å². The normalized spacial score (nSPS) is 26.5. The molecule has 0 bridgehead atoms. The van der Waals surface area contributed by atoms with Crippen LogP contribution in [0, 0.1) is 0 Å². The lowest BCUT2D eigenvalue weighted by Gasteiger charge is -2.28. The zero-order valence-corrected chi connectivity index (χ0v) is 13.3. The summed E-state index contributed by atoms with van der Waals surface area (Å²) in [6, 6.07) is 2.35. The molecule has 1 saturated heterocycles. The first kappa shape index (κ1) is 16.0. The van der Waals surface area contributed by atoms with Crippen molar-refractivity contribution >= 4 is 18.4 Å². The van der Waals surface area contributed by atoms with Gasteiger partial charge in [0.2, 0.25) is 5.88 Å². The lowest BCUT2D eigenvalue weighted by molar-refractivity contribution is 0.00935. The van der Waals surface area contributed by atoms with Crippen LogP contribution in [-0.2, 0) is 10.3 Å². The number of carbonyl (C=O) groups is 1. The Morgan fingerprint density at radius 1 is 1.43 bits per heavy atom. The highest BCUT2D eigenvalue weighted by molar-refractivity contribution is 5.96. The van der Waals surface area contributed by atoms with Crippen LogP contribution in [0.3, 0.4) is 0 Å². The number of nitrogens with one attached hydrogen (secondary N) is 1. The number of ether oxygens (including phenoxy) is 2. The fourth-order valence-electron chi connectivity index (χ4n) is 2.80. The SMILES string of the molecule is C[C@@H]1CC[C@@H](Oc2nccc3c2C(=O)OC3(C)C)CN1.Cl. The zero-order valence-electron chi connectivity index (χ0n) is 12.5. The van der Waals surface area contributed by atoms with Crippen LogP contribution in [0.25, 0.3) is 0 Å². The molecule has 0 unspecified atom stereocenters. The van der Waals surface area contributed by atoms with Gasteiger partial charge in [0.25, 0.3) is 0 Å². The van der Waals surface area contributed by atoms with E-state index >= 15 is 0 Å². The molecule has 0 spiro atoms. The predicted octanol–water partition coefficient (Wildman–Crippen LogP) is 2.43. The van der Waals surface area contributed by atoms with Gasteiger partial charge in [-0.15, -0.1) is 12.4 Å². The van der Waals surface area contributed by atoms with Gasteiger partial charge < -0.3 is 14.8 Å². The van der Waals surface area contributed by atoms with Gasteiger partial charge in [0.05, 0.1) is 0 Å². The first-order chi connectivity index (χ1) is 9.47. The molecule has 6 heteroatoms. The minimum atomic E-state index is -0.604. The van der Waals surface area contributed by atoms with E-state index in [1.54, 1.807) is 6.20 Å². The van der Waals surface area contributed by atoms with Crippen LogP contribution in [0.4, 0.5) is 0 Å². The third-order valence-corrected chi connectivity index (χ3v) is 4.01. The van der Waals surface area contributed by atoms with Crippen LogP contribution in [-0.4, -0.2) is 29.6 Å². The Bertz CT molecular complexity index is 540. The number of rotatable bonds is 2. The van der Waals surface area contributed by atoms with E-state index in [1.165, 1.54) is 0 Å². The number of piperidine rings is 1. The number of carbonyl (C=O) groups excluding carboxylic acids is 1. The fourth-order valence-corrected chi connectivity index (χ4v) is 2.80. The lowest BCUT2D eigenvalue weighted by Crippen LogP contribution is -2.42. The second kappa shape index (κ2) is 5.81. The molecule has 0 aliphatic carbocycles. The monoisotopic (exact) mass is 312 g/mol. The summed E-state index contributed by atoms with van der Waals surface area (Å²) < 4.78 is 11.3. The van der Waals surface area contributed by atoms with E-state index in [0.717, 1.165) is 24.9 Å². The minimum Gasteiger partial charge on any atom is -0.472 e. The summed E-state index contributed by atoms with van der Waals surface area (Å²) in [4.78, 5) is 16.3. The number of hydrogen-bond acceptors (Lipinski definition) is 5. The van der Waals surface area contributed by atoms with E-state index in [2.05, 4.69) is 17.2 Å². The molecule has 116 valence electrons. The molecule has 0 radical (unpaired) electrons. The van der Waals surface area contributed by atoms with Crippen LogP contribution in [0.1, 0.15) is 49.5 Å². The maximum absolute atomic E-state index is 12.0. The van der Waals surface area contributed by atoms with E-state index in [1.807, 2.05) is 19.9 Å². The molecule has 2 aliphatic rings. The van der Waals surface area contributed by atoms with Crippen molar-refractivity contribution in [3.63, 3.8) is 0 Å². The number of aromatic nitrogens is 1. The second-order valence-corrected chi connectivity index (χ2v) is 6.07. The van der Waals surface area contributed by atoms with Crippen LogP contribution in [0.5, 0.6) is 5.88 Å². The van der Waals surface area contributed by atoms with Crippen molar-refractivity contribution in [3.05, 3.63) is 23.4 Å². The molecule has 2 aliphatic heterocycles. The quantitative estimate of drug-likeness (QED) is 0.850. The van der Waals surface area contributed by atoms with Gasteiger partial charge in [-0.25, -0.2) is 9.78 Å². The van der Waals surface area contributed by atoms with Crippen molar-refractivity contribution in [1.82, 2.24) is 10.3 Å². The minimum absolute atomic E-state index is 0. The fraction of sp³-hybridized carbons (Fsp3) is 0.600. The number of hydrogen-bond donors (Lipinski definition) is 1. The Morgan fingerprint density at radius 2 is 2.19 bits per heavy atom. The number of esters is 1. The van der Waals surface area contributed by atoms with Gasteiger partial charge in [-0.1, -0.05) is 0 Å². The molecule has 1 aromatic heterocycles. The van der Waals surface area contributed by atoms with Crippen LogP contribution >= 0.6 is 12.4 Å². The maximum Gasteiger partial charge on any atom is 0.344 e. The maximum atomic E-state index is 12.0. The number of pyridine rings is 1. The molecule has 3 rings (SSSR count). The van der Waals surface area contributed by atoms with E-state index in [-0.39, 0.29) is 24.5 Å². The summed E-state index contributed by atoms with van der Waals surface area (Å²) in [5.41, 5.74) is 0.730. The first-order valence-corrected chi connectivity index (χ1v) is 7.10. The van der Waals surface area contributed by atoms with Gasteiger partial charge in [0.1, 0.15) is 17.3 Å². The van der Waals surface area contributed by atoms with Crippen LogP contribution in [0.15, 0.2) is 12.3 Å². The van der Waals surface area contributed by atoms with Gasteiger partial charge in [-0.05, 0) is 39.7 Å². The van der Waals surface area contributed by atoms with E-state index in [9.17, 15) is 4.79 Å². The summed E-state index contributed by atoms with van der Waals surface area (Å²) in [5, 5.41) is 3.38. The predicted molar refractivity (Wildman–Crippen MR) is 81.0 cm³/mol. The van der Waals surface area contributed by atoms with Gasteiger partial charge in [0, 0.05) is 24.3 Å². The van der Waals surface area contributed by atoms with Gasteiger partial charge in [-0.2, -0.15) is 0 Å². The Kier molecular flexibility index (Phi) is 4.44. The third kappa shape index (κ3) is 2.99. The molecule has 5 nitrogen and oxygen atoms in total. The Balaban J connectivity index is 0.00000161. The summed E-state index contributed by atoms with van der Waals surface area (Å²) >= 11 is 0. The molecule has 1 aromatic rings. The molecule has 0 amide bonds. The largest absolute Gasteiger partial charge is 0.472 e. The van der Waals surface area contributed by atoms with E-state index in [0.29, 0.717) is 17.5 Å². The van der Waals surface area contributed by atoms with Crippen molar-refractivity contribution in [2.24, 2.45) is 0 Å². The molecule has 3 heterocycles. The molecule has 21 heavy (non-hydrogen) atoms. The lowest BCUT2D eigenvalue weighted by atomic mass is 9.97. The highest BCUT2D eigenvalue weighted by Crippen LogP contribution is 2.39. The van der Waals surface area contributed by atoms with Crippen LogP contribution < -0.4 is 10.1 Å². The first-order valence-electron chi connectivity index (χ1n) is 7.10. The highest BCUT2D eigenvalue weighted by Gasteiger charge is 2.41. The number of halogens is 1. The molecule has 2 atom stereocenters. The van der Waals surface area contributed by atoms with Gasteiger partial charge in [0.15, 0.2) is 0 Å². The Labute approximate surface area is 130 Å². The van der Waals surface area contributed by atoms with Gasteiger partial charge >= 0.3 is 5.97 Å². The topological polar surface area (TPSA) is 60.5 Å². The summed E-state index contributed by atoms with van der Waals surface area (Å²) in [7, 11) is 0. The number of cyclic esters (lactones) is 1. The van der Waals surface area contributed by atoms with E-state index in [4.69, 9.17) is 9.47 Å². The highest BCUT2D eigenvalue weighted by atomic mass is 35.5. The van der Waals surface area contributed by atoms with Gasteiger partial charge in [-0.3, -0.25) is 0 Å². The molecule has 1 fully saturated rings. The van der Waals surface area contributed by atoms with Crippen molar-refractivity contribution < 1.29 is 14.3 Å². The molecule has 0 aromatic carbocycles. The van der Waals surface area contributed by atoms with Crippen molar-refractivity contribution in [2.45, 2.75) is 51.4 Å². The summed E-state index contributed by atoms with van der Waals surface area (Å²) in [6.45, 7) is 6.70.